The monoisotopic (exact) mass is 308 g/mol. The highest BCUT2D eigenvalue weighted by Gasteiger charge is 2.34. The molecule has 3 rings (SSSR count). The Kier molecular flexibility index (Phi) is 3.99. The molecule has 0 aromatic heterocycles. The number of hydrogen-bond donors (Lipinski definition) is 1. The van der Waals surface area contributed by atoms with Crippen LogP contribution in [0.25, 0.3) is 0 Å². The molecule has 1 aromatic rings. The number of amides is 1. The zero-order chi connectivity index (χ0) is 14.9. The molecule has 1 aromatic carbocycles. The van der Waals surface area contributed by atoms with Gasteiger partial charge in [-0.25, -0.2) is 8.42 Å². The summed E-state index contributed by atoms with van der Waals surface area (Å²) >= 11 is 0. The minimum Gasteiger partial charge on any atom is -0.339 e. The lowest BCUT2D eigenvalue weighted by atomic mass is 10.1. The van der Waals surface area contributed by atoms with E-state index in [0.717, 1.165) is 12.8 Å². The molecule has 6 heteroatoms. The number of nitrogens with zero attached hydrogens (tertiary/aromatic N) is 1. The molecule has 2 saturated heterocycles. The van der Waals surface area contributed by atoms with Gasteiger partial charge in [-0.1, -0.05) is 30.3 Å². The van der Waals surface area contributed by atoms with Crippen LogP contribution in [-0.4, -0.2) is 49.9 Å². The van der Waals surface area contributed by atoms with Crippen LogP contribution in [0.15, 0.2) is 30.3 Å². The lowest BCUT2D eigenvalue weighted by Crippen LogP contribution is -2.50. The molecule has 0 unspecified atom stereocenters. The van der Waals surface area contributed by atoms with Crippen molar-refractivity contribution in [1.29, 1.82) is 0 Å². The Morgan fingerprint density at radius 2 is 1.76 bits per heavy atom. The van der Waals surface area contributed by atoms with Crippen LogP contribution in [0.4, 0.5) is 0 Å². The first-order chi connectivity index (χ1) is 10.1. The van der Waals surface area contributed by atoms with Gasteiger partial charge in [0.15, 0.2) is 9.84 Å². The summed E-state index contributed by atoms with van der Waals surface area (Å²) in [6, 6.07) is 10.2. The molecule has 2 atom stereocenters. The van der Waals surface area contributed by atoms with Gasteiger partial charge in [-0.2, -0.15) is 0 Å². The molecule has 0 aliphatic carbocycles. The Hall–Kier alpha value is -1.40. The van der Waals surface area contributed by atoms with Crippen molar-refractivity contribution in [1.82, 2.24) is 10.2 Å². The van der Waals surface area contributed by atoms with Gasteiger partial charge in [-0.05, 0) is 18.4 Å². The van der Waals surface area contributed by atoms with E-state index in [1.54, 1.807) is 4.90 Å². The summed E-state index contributed by atoms with van der Waals surface area (Å²) in [4.78, 5) is 14.1. The third kappa shape index (κ3) is 3.27. The van der Waals surface area contributed by atoms with E-state index in [9.17, 15) is 13.2 Å². The smallest absolute Gasteiger partial charge is 0.239 e. The number of hydrogen-bond acceptors (Lipinski definition) is 4. The van der Waals surface area contributed by atoms with Gasteiger partial charge in [0.1, 0.15) is 0 Å². The van der Waals surface area contributed by atoms with Crippen LogP contribution in [-0.2, 0) is 14.6 Å². The van der Waals surface area contributed by atoms with Gasteiger partial charge < -0.3 is 4.90 Å². The van der Waals surface area contributed by atoms with Crippen LogP contribution >= 0.6 is 0 Å². The minimum absolute atomic E-state index is 0.0448. The molecule has 0 spiro atoms. The van der Waals surface area contributed by atoms with Gasteiger partial charge >= 0.3 is 0 Å². The minimum atomic E-state index is -2.94. The fourth-order valence-electron chi connectivity index (χ4n) is 3.04. The number of sulfone groups is 1. The summed E-state index contributed by atoms with van der Waals surface area (Å²) in [5.74, 6) is 0.226. The summed E-state index contributed by atoms with van der Waals surface area (Å²) in [6.07, 6.45) is 1.74. The van der Waals surface area contributed by atoms with Crippen molar-refractivity contribution in [3.8, 4) is 0 Å². The quantitative estimate of drug-likeness (QED) is 0.875. The molecule has 114 valence electrons. The number of carbonyl (C=O) groups is 1. The van der Waals surface area contributed by atoms with Crippen molar-refractivity contribution in [2.75, 3.05) is 24.6 Å². The van der Waals surface area contributed by atoms with E-state index in [-0.39, 0.29) is 29.5 Å². The van der Waals surface area contributed by atoms with Crippen LogP contribution < -0.4 is 5.32 Å². The number of benzene rings is 1. The third-order valence-electron chi connectivity index (χ3n) is 4.30. The lowest BCUT2D eigenvalue weighted by molar-refractivity contribution is -0.132. The summed E-state index contributed by atoms with van der Waals surface area (Å²) in [6.45, 7) is 0.657. The zero-order valence-corrected chi connectivity index (χ0v) is 12.7. The van der Waals surface area contributed by atoms with E-state index in [2.05, 4.69) is 17.4 Å². The van der Waals surface area contributed by atoms with E-state index in [4.69, 9.17) is 0 Å². The fourth-order valence-corrected chi connectivity index (χ4v) is 4.24. The van der Waals surface area contributed by atoms with Crippen molar-refractivity contribution in [2.45, 2.75) is 24.9 Å². The fraction of sp³-hybridized carbons (Fsp3) is 0.533. The van der Waals surface area contributed by atoms with Crippen LogP contribution in [0.5, 0.6) is 0 Å². The van der Waals surface area contributed by atoms with Gasteiger partial charge in [-0.15, -0.1) is 0 Å². The van der Waals surface area contributed by atoms with E-state index >= 15 is 0 Å². The van der Waals surface area contributed by atoms with Gasteiger partial charge in [0.25, 0.3) is 0 Å². The SMILES string of the molecule is O=C([C@H]1CC[C@H](c2ccccc2)N1)N1CCS(=O)(=O)CC1. The first-order valence-corrected chi connectivity index (χ1v) is 9.17. The Morgan fingerprint density at radius 3 is 2.43 bits per heavy atom. The molecule has 21 heavy (non-hydrogen) atoms. The molecule has 0 saturated carbocycles. The Labute approximate surface area is 125 Å². The van der Waals surface area contributed by atoms with Crippen molar-refractivity contribution in [3.63, 3.8) is 0 Å². The summed E-state index contributed by atoms with van der Waals surface area (Å²) in [7, 11) is -2.94. The normalized spacial score (nSPS) is 28.5. The number of carbonyl (C=O) groups excluding carboxylic acids is 1. The largest absolute Gasteiger partial charge is 0.339 e. The van der Waals surface area contributed by atoms with E-state index < -0.39 is 9.84 Å². The second-order valence-corrected chi connectivity index (χ2v) is 8.04. The first-order valence-electron chi connectivity index (χ1n) is 7.35. The molecule has 2 heterocycles. The van der Waals surface area contributed by atoms with Crippen molar-refractivity contribution in [3.05, 3.63) is 35.9 Å². The Morgan fingerprint density at radius 1 is 1.10 bits per heavy atom. The van der Waals surface area contributed by atoms with E-state index in [1.807, 2.05) is 18.2 Å². The highest BCUT2D eigenvalue weighted by molar-refractivity contribution is 7.91. The highest BCUT2D eigenvalue weighted by atomic mass is 32.2. The summed E-state index contributed by atoms with van der Waals surface area (Å²) in [5, 5.41) is 3.38. The van der Waals surface area contributed by atoms with Crippen molar-refractivity contribution >= 4 is 15.7 Å². The van der Waals surface area contributed by atoms with Crippen LogP contribution in [0, 0.1) is 0 Å². The van der Waals surface area contributed by atoms with Gasteiger partial charge in [0, 0.05) is 19.1 Å². The molecular formula is C15H20N2O3S. The summed E-state index contributed by atoms with van der Waals surface area (Å²) in [5.41, 5.74) is 1.20. The molecule has 1 amide bonds. The molecule has 0 bridgehead atoms. The van der Waals surface area contributed by atoms with Gasteiger partial charge in [-0.3, -0.25) is 10.1 Å². The second kappa shape index (κ2) is 5.77. The van der Waals surface area contributed by atoms with Gasteiger partial charge in [0.05, 0.1) is 17.5 Å². The first kappa shape index (κ1) is 14.5. The van der Waals surface area contributed by atoms with Crippen LogP contribution in [0.2, 0.25) is 0 Å². The molecule has 1 N–H and O–H groups in total. The second-order valence-electron chi connectivity index (χ2n) is 5.74. The lowest BCUT2D eigenvalue weighted by Gasteiger charge is -2.29. The predicted octanol–water partition coefficient (Wildman–Crippen LogP) is 0.737. The standard InChI is InChI=1S/C15H20N2O3S/c18-15(17-8-10-21(19,20)11-9-17)14-7-6-13(16-14)12-4-2-1-3-5-12/h1-5,13-14,16H,6-11H2/t13-,14-/m1/s1. The maximum atomic E-state index is 12.5. The average molecular weight is 308 g/mol. The van der Waals surface area contributed by atoms with E-state index in [0.29, 0.717) is 13.1 Å². The third-order valence-corrected chi connectivity index (χ3v) is 5.91. The molecule has 2 aliphatic rings. The van der Waals surface area contributed by atoms with Crippen LogP contribution in [0.3, 0.4) is 0 Å². The summed E-state index contributed by atoms with van der Waals surface area (Å²) < 4.78 is 22.8. The van der Waals surface area contributed by atoms with Crippen molar-refractivity contribution < 1.29 is 13.2 Å². The molecule has 2 fully saturated rings. The molecule has 5 nitrogen and oxygen atoms in total. The Bertz CT molecular complexity index is 601. The molecular weight excluding hydrogens is 288 g/mol. The average Bonchev–Trinajstić information content (AvgIpc) is 2.97. The zero-order valence-electron chi connectivity index (χ0n) is 11.9. The van der Waals surface area contributed by atoms with Gasteiger partial charge in [0.2, 0.25) is 5.91 Å². The maximum absolute atomic E-state index is 12.5. The predicted molar refractivity (Wildman–Crippen MR) is 80.6 cm³/mol. The van der Waals surface area contributed by atoms with E-state index in [1.165, 1.54) is 5.56 Å². The van der Waals surface area contributed by atoms with Crippen LogP contribution in [0.1, 0.15) is 24.4 Å². The molecule has 2 aliphatic heterocycles. The topological polar surface area (TPSA) is 66.5 Å². The number of rotatable bonds is 2. The highest BCUT2D eigenvalue weighted by Crippen LogP contribution is 2.27. The Balaban J connectivity index is 1.60. The maximum Gasteiger partial charge on any atom is 0.239 e. The van der Waals surface area contributed by atoms with Crippen molar-refractivity contribution in [2.24, 2.45) is 0 Å². The number of nitrogens with one attached hydrogen (secondary N) is 1. The molecule has 0 radical (unpaired) electrons.